The van der Waals surface area contributed by atoms with Gasteiger partial charge in [-0.3, -0.25) is 4.79 Å². The Morgan fingerprint density at radius 2 is 1.35 bits per heavy atom. The fourth-order valence-electron chi connectivity index (χ4n) is 2.53. The van der Waals surface area contributed by atoms with Gasteiger partial charge in [-0.05, 0) is 18.9 Å². The van der Waals surface area contributed by atoms with Gasteiger partial charge in [0.2, 0.25) is 5.91 Å². The molecule has 0 spiro atoms. The highest BCUT2D eigenvalue weighted by molar-refractivity contribution is 5.80. The molecule has 0 bridgehead atoms. The fraction of sp³-hybridized carbons (Fsp3) is 0.941. The van der Waals surface area contributed by atoms with Gasteiger partial charge in [-0.2, -0.15) is 0 Å². The number of rotatable bonds is 14. The molecule has 0 saturated carbocycles. The molecular weight excluding hydrogens is 248 g/mol. The predicted octanol–water partition coefficient (Wildman–Crippen LogP) is 4.01. The SMILES string of the molecule is CCCCCCCCCCCCN[C@H](C(N)=O)C(C)C. The normalized spacial score (nSPS) is 12.8. The molecule has 0 aromatic carbocycles. The third-order valence-electron chi connectivity index (χ3n) is 3.87. The van der Waals surface area contributed by atoms with Crippen LogP contribution >= 0.6 is 0 Å². The second kappa shape index (κ2) is 13.4. The number of nitrogens with two attached hydrogens (primary N) is 1. The third kappa shape index (κ3) is 11.3. The number of primary amides is 1. The maximum Gasteiger partial charge on any atom is 0.234 e. The molecule has 120 valence electrons. The van der Waals surface area contributed by atoms with Crippen LogP contribution in [0, 0.1) is 5.92 Å². The zero-order chi connectivity index (χ0) is 15.2. The van der Waals surface area contributed by atoms with Crippen molar-refractivity contribution < 1.29 is 4.79 Å². The van der Waals surface area contributed by atoms with E-state index >= 15 is 0 Å². The molecule has 3 nitrogen and oxygen atoms in total. The standard InChI is InChI=1S/C17H36N2O/c1-4-5-6-7-8-9-10-11-12-13-14-19-16(15(2)3)17(18)20/h15-16,19H,4-14H2,1-3H3,(H2,18,20)/t16-/m0/s1. The molecule has 3 heteroatoms. The summed E-state index contributed by atoms with van der Waals surface area (Å²) < 4.78 is 0. The lowest BCUT2D eigenvalue weighted by atomic mass is 10.0. The summed E-state index contributed by atoms with van der Waals surface area (Å²) in [6.45, 7) is 7.22. The van der Waals surface area contributed by atoms with Gasteiger partial charge in [0, 0.05) is 0 Å². The van der Waals surface area contributed by atoms with Crippen LogP contribution in [0.1, 0.15) is 85.0 Å². The Balaban J connectivity index is 3.29. The van der Waals surface area contributed by atoms with Gasteiger partial charge in [-0.25, -0.2) is 0 Å². The predicted molar refractivity (Wildman–Crippen MR) is 87.7 cm³/mol. The summed E-state index contributed by atoms with van der Waals surface area (Å²) >= 11 is 0. The van der Waals surface area contributed by atoms with Crippen LogP contribution in [0.2, 0.25) is 0 Å². The van der Waals surface area contributed by atoms with Crippen LogP contribution < -0.4 is 11.1 Å². The van der Waals surface area contributed by atoms with Gasteiger partial charge in [0.1, 0.15) is 0 Å². The molecule has 1 amide bonds. The van der Waals surface area contributed by atoms with Crippen molar-refractivity contribution in [2.75, 3.05) is 6.54 Å². The fourth-order valence-corrected chi connectivity index (χ4v) is 2.53. The summed E-state index contributed by atoms with van der Waals surface area (Å²) in [5.74, 6) is 0.0442. The van der Waals surface area contributed by atoms with Crippen molar-refractivity contribution in [1.82, 2.24) is 5.32 Å². The first-order valence-corrected chi connectivity index (χ1v) is 8.62. The quantitative estimate of drug-likeness (QED) is 0.474. The largest absolute Gasteiger partial charge is 0.368 e. The number of hydrogen-bond donors (Lipinski definition) is 2. The van der Waals surface area contributed by atoms with E-state index in [4.69, 9.17) is 5.73 Å². The van der Waals surface area contributed by atoms with Crippen LogP contribution in [-0.2, 0) is 4.79 Å². The van der Waals surface area contributed by atoms with Gasteiger partial charge >= 0.3 is 0 Å². The van der Waals surface area contributed by atoms with E-state index < -0.39 is 0 Å². The van der Waals surface area contributed by atoms with Crippen molar-refractivity contribution in [2.24, 2.45) is 11.7 Å². The van der Waals surface area contributed by atoms with Crippen LogP contribution in [0.4, 0.5) is 0 Å². The van der Waals surface area contributed by atoms with E-state index in [-0.39, 0.29) is 17.9 Å². The molecule has 0 unspecified atom stereocenters. The molecule has 20 heavy (non-hydrogen) atoms. The van der Waals surface area contributed by atoms with Crippen LogP contribution in [0.25, 0.3) is 0 Å². The molecule has 0 saturated heterocycles. The zero-order valence-electron chi connectivity index (χ0n) is 13.9. The Hall–Kier alpha value is -0.570. The minimum atomic E-state index is -0.230. The Labute approximate surface area is 126 Å². The number of carbonyl (C=O) groups excluding carboxylic acids is 1. The van der Waals surface area contributed by atoms with Crippen molar-refractivity contribution in [1.29, 1.82) is 0 Å². The van der Waals surface area contributed by atoms with E-state index in [9.17, 15) is 4.79 Å². The van der Waals surface area contributed by atoms with Crippen molar-refractivity contribution in [3.05, 3.63) is 0 Å². The minimum Gasteiger partial charge on any atom is -0.368 e. The maximum atomic E-state index is 11.2. The van der Waals surface area contributed by atoms with Crippen molar-refractivity contribution in [3.8, 4) is 0 Å². The highest BCUT2D eigenvalue weighted by Crippen LogP contribution is 2.10. The average molecular weight is 284 g/mol. The van der Waals surface area contributed by atoms with Gasteiger partial charge in [-0.15, -0.1) is 0 Å². The molecule has 0 heterocycles. The van der Waals surface area contributed by atoms with Gasteiger partial charge < -0.3 is 11.1 Å². The number of unbranched alkanes of at least 4 members (excludes halogenated alkanes) is 9. The van der Waals surface area contributed by atoms with Crippen molar-refractivity contribution in [2.45, 2.75) is 91.0 Å². The van der Waals surface area contributed by atoms with E-state index in [2.05, 4.69) is 12.2 Å². The Kier molecular flexibility index (Phi) is 13.0. The molecule has 0 rings (SSSR count). The first-order valence-electron chi connectivity index (χ1n) is 8.62. The van der Waals surface area contributed by atoms with Crippen LogP contribution in [-0.4, -0.2) is 18.5 Å². The minimum absolute atomic E-state index is 0.173. The van der Waals surface area contributed by atoms with Crippen molar-refractivity contribution in [3.63, 3.8) is 0 Å². The van der Waals surface area contributed by atoms with Gasteiger partial charge in [0.15, 0.2) is 0 Å². The van der Waals surface area contributed by atoms with Gasteiger partial charge in [-0.1, -0.05) is 78.6 Å². The second-order valence-electron chi connectivity index (χ2n) is 6.26. The van der Waals surface area contributed by atoms with E-state index in [1.54, 1.807) is 0 Å². The third-order valence-corrected chi connectivity index (χ3v) is 3.87. The van der Waals surface area contributed by atoms with Crippen LogP contribution in [0.15, 0.2) is 0 Å². The average Bonchev–Trinajstić information content (AvgIpc) is 2.39. The summed E-state index contributed by atoms with van der Waals surface area (Å²) in [7, 11) is 0. The summed E-state index contributed by atoms with van der Waals surface area (Å²) in [5, 5.41) is 3.27. The molecular formula is C17H36N2O. The van der Waals surface area contributed by atoms with Gasteiger partial charge in [0.25, 0.3) is 0 Å². The number of hydrogen-bond acceptors (Lipinski definition) is 2. The number of amides is 1. The second-order valence-corrected chi connectivity index (χ2v) is 6.26. The lowest BCUT2D eigenvalue weighted by Gasteiger charge is -2.18. The topological polar surface area (TPSA) is 55.1 Å². The molecule has 0 radical (unpaired) electrons. The Morgan fingerprint density at radius 3 is 1.75 bits per heavy atom. The molecule has 0 aromatic rings. The molecule has 0 aliphatic rings. The zero-order valence-corrected chi connectivity index (χ0v) is 13.9. The number of carbonyl (C=O) groups is 1. The smallest absolute Gasteiger partial charge is 0.234 e. The Morgan fingerprint density at radius 1 is 0.900 bits per heavy atom. The summed E-state index contributed by atoms with van der Waals surface area (Å²) in [6, 6.07) is -0.173. The molecule has 0 fully saturated rings. The Bertz CT molecular complexity index is 229. The van der Waals surface area contributed by atoms with Gasteiger partial charge in [0.05, 0.1) is 6.04 Å². The molecule has 1 atom stereocenters. The molecule has 3 N–H and O–H groups in total. The van der Waals surface area contributed by atoms with E-state index in [1.165, 1.54) is 57.8 Å². The molecule has 0 aliphatic carbocycles. The summed E-state index contributed by atoms with van der Waals surface area (Å²) in [5.41, 5.74) is 5.37. The van der Waals surface area contributed by atoms with Crippen LogP contribution in [0.3, 0.4) is 0 Å². The summed E-state index contributed by atoms with van der Waals surface area (Å²) in [4.78, 5) is 11.2. The lowest BCUT2D eigenvalue weighted by Crippen LogP contribution is -2.45. The lowest BCUT2D eigenvalue weighted by molar-refractivity contribution is -0.121. The van der Waals surface area contributed by atoms with E-state index in [0.29, 0.717) is 0 Å². The highest BCUT2D eigenvalue weighted by Gasteiger charge is 2.17. The number of nitrogens with one attached hydrogen (secondary N) is 1. The maximum absolute atomic E-state index is 11.2. The van der Waals surface area contributed by atoms with Crippen molar-refractivity contribution >= 4 is 5.91 Å². The van der Waals surface area contributed by atoms with Crippen LogP contribution in [0.5, 0.6) is 0 Å². The first-order chi connectivity index (χ1) is 9.59. The molecule has 0 aromatic heterocycles. The highest BCUT2D eigenvalue weighted by atomic mass is 16.1. The van der Waals surface area contributed by atoms with E-state index in [1.807, 2.05) is 13.8 Å². The first kappa shape index (κ1) is 19.4. The summed E-state index contributed by atoms with van der Waals surface area (Å²) in [6.07, 6.45) is 13.4. The molecule has 0 aliphatic heterocycles. The van der Waals surface area contributed by atoms with E-state index in [0.717, 1.165) is 13.0 Å². The monoisotopic (exact) mass is 284 g/mol.